The quantitative estimate of drug-likeness (QED) is 0.709. The first-order chi connectivity index (χ1) is 8.21. The van der Waals surface area contributed by atoms with Crippen LogP contribution in [-0.2, 0) is 4.74 Å². The van der Waals surface area contributed by atoms with Gasteiger partial charge in [-0.05, 0) is 18.2 Å². The second kappa shape index (κ2) is 6.66. The van der Waals surface area contributed by atoms with E-state index in [0.717, 1.165) is 0 Å². The van der Waals surface area contributed by atoms with Gasteiger partial charge in [0.15, 0.2) is 0 Å². The standard InChI is InChI=1S/C13H15FN2O/c1-3-4-16(5-6-17-2)13-8-11(10-15)7-12(14)9-13/h3,7-9H,1,4-6H2,2H3. The highest BCUT2D eigenvalue weighted by Gasteiger charge is 2.07. The zero-order valence-electron chi connectivity index (χ0n) is 9.82. The molecule has 90 valence electrons. The molecule has 0 aliphatic heterocycles. The fraction of sp³-hybridized carbons (Fsp3) is 0.308. The lowest BCUT2D eigenvalue weighted by molar-refractivity contribution is 0.206. The zero-order valence-corrected chi connectivity index (χ0v) is 9.82. The average molecular weight is 234 g/mol. The van der Waals surface area contributed by atoms with Crippen molar-refractivity contribution in [2.24, 2.45) is 0 Å². The number of ether oxygens (including phenoxy) is 1. The Morgan fingerprint density at radius 2 is 2.29 bits per heavy atom. The summed E-state index contributed by atoms with van der Waals surface area (Å²) in [6, 6.07) is 6.21. The molecule has 1 aromatic rings. The van der Waals surface area contributed by atoms with E-state index in [2.05, 4.69) is 6.58 Å². The third-order valence-electron chi connectivity index (χ3n) is 2.29. The number of hydrogen-bond donors (Lipinski definition) is 0. The summed E-state index contributed by atoms with van der Waals surface area (Å²) in [5, 5.41) is 8.79. The molecule has 0 unspecified atom stereocenters. The van der Waals surface area contributed by atoms with Gasteiger partial charge in [0.2, 0.25) is 0 Å². The Hall–Kier alpha value is -1.86. The van der Waals surface area contributed by atoms with Crippen LogP contribution >= 0.6 is 0 Å². The van der Waals surface area contributed by atoms with Gasteiger partial charge in [-0.15, -0.1) is 6.58 Å². The van der Waals surface area contributed by atoms with Crippen molar-refractivity contribution in [1.29, 1.82) is 5.26 Å². The Morgan fingerprint density at radius 1 is 1.53 bits per heavy atom. The van der Waals surface area contributed by atoms with Gasteiger partial charge in [-0.1, -0.05) is 6.08 Å². The molecule has 0 amide bonds. The molecule has 0 saturated heterocycles. The van der Waals surface area contributed by atoms with Crippen molar-refractivity contribution in [3.05, 3.63) is 42.2 Å². The molecular formula is C13H15FN2O. The van der Waals surface area contributed by atoms with E-state index in [4.69, 9.17) is 10.00 Å². The number of hydrogen-bond acceptors (Lipinski definition) is 3. The van der Waals surface area contributed by atoms with Crippen molar-refractivity contribution < 1.29 is 9.13 Å². The van der Waals surface area contributed by atoms with Gasteiger partial charge in [0, 0.05) is 25.9 Å². The molecule has 0 aliphatic rings. The summed E-state index contributed by atoms with van der Waals surface area (Å²) in [5.41, 5.74) is 0.977. The summed E-state index contributed by atoms with van der Waals surface area (Å²) in [7, 11) is 1.61. The van der Waals surface area contributed by atoms with Crippen LogP contribution < -0.4 is 4.90 Å². The molecule has 0 fully saturated rings. The SMILES string of the molecule is C=CCN(CCOC)c1cc(F)cc(C#N)c1. The van der Waals surface area contributed by atoms with Crippen molar-refractivity contribution in [2.75, 3.05) is 31.7 Å². The van der Waals surface area contributed by atoms with Gasteiger partial charge in [-0.2, -0.15) is 5.26 Å². The normalized spacial score (nSPS) is 9.71. The number of benzene rings is 1. The summed E-state index contributed by atoms with van der Waals surface area (Å²) in [4.78, 5) is 1.90. The van der Waals surface area contributed by atoms with Crippen molar-refractivity contribution >= 4 is 5.69 Å². The van der Waals surface area contributed by atoms with Crippen LogP contribution in [0.25, 0.3) is 0 Å². The van der Waals surface area contributed by atoms with E-state index in [9.17, 15) is 4.39 Å². The lowest BCUT2D eigenvalue weighted by atomic mass is 10.2. The van der Waals surface area contributed by atoms with E-state index >= 15 is 0 Å². The van der Waals surface area contributed by atoms with Gasteiger partial charge in [0.1, 0.15) is 5.82 Å². The predicted octanol–water partition coefficient (Wildman–Crippen LogP) is 2.34. The Morgan fingerprint density at radius 3 is 2.88 bits per heavy atom. The maximum absolute atomic E-state index is 13.3. The topological polar surface area (TPSA) is 36.3 Å². The highest BCUT2D eigenvalue weighted by Crippen LogP contribution is 2.18. The van der Waals surface area contributed by atoms with Gasteiger partial charge >= 0.3 is 0 Å². The molecule has 17 heavy (non-hydrogen) atoms. The lowest BCUT2D eigenvalue weighted by Crippen LogP contribution is -2.27. The van der Waals surface area contributed by atoms with Gasteiger partial charge in [0.05, 0.1) is 18.2 Å². The van der Waals surface area contributed by atoms with Gasteiger partial charge in [-0.3, -0.25) is 0 Å². The van der Waals surface area contributed by atoms with Crippen molar-refractivity contribution in [2.45, 2.75) is 0 Å². The highest BCUT2D eigenvalue weighted by atomic mass is 19.1. The van der Waals surface area contributed by atoms with Crippen LogP contribution in [0, 0.1) is 17.1 Å². The monoisotopic (exact) mass is 234 g/mol. The lowest BCUT2D eigenvalue weighted by Gasteiger charge is -2.23. The van der Waals surface area contributed by atoms with E-state index in [0.29, 0.717) is 30.9 Å². The number of halogens is 1. The Labute approximate surface area is 101 Å². The molecule has 0 heterocycles. The third-order valence-corrected chi connectivity index (χ3v) is 2.29. The summed E-state index contributed by atoms with van der Waals surface area (Å²) in [6.45, 7) is 5.39. The molecular weight excluding hydrogens is 219 g/mol. The van der Waals surface area contributed by atoms with Crippen LogP contribution in [0.15, 0.2) is 30.9 Å². The van der Waals surface area contributed by atoms with Crippen molar-refractivity contribution in [3.8, 4) is 6.07 Å². The minimum atomic E-state index is -0.412. The zero-order chi connectivity index (χ0) is 12.7. The second-order valence-electron chi connectivity index (χ2n) is 3.54. The summed E-state index contributed by atoms with van der Waals surface area (Å²) < 4.78 is 18.3. The van der Waals surface area contributed by atoms with Crippen molar-refractivity contribution in [3.63, 3.8) is 0 Å². The van der Waals surface area contributed by atoms with Gasteiger partial charge < -0.3 is 9.64 Å². The van der Waals surface area contributed by atoms with Crippen LogP contribution in [0.5, 0.6) is 0 Å². The van der Waals surface area contributed by atoms with E-state index in [-0.39, 0.29) is 0 Å². The molecule has 4 heteroatoms. The first-order valence-corrected chi connectivity index (χ1v) is 5.26. The van der Waals surface area contributed by atoms with E-state index in [1.165, 1.54) is 12.1 Å². The molecule has 0 radical (unpaired) electrons. The average Bonchev–Trinajstić information content (AvgIpc) is 2.33. The van der Waals surface area contributed by atoms with Gasteiger partial charge in [0.25, 0.3) is 0 Å². The van der Waals surface area contributed by atoms with Crippen molar-refractivity contribution in [1.82, 2.24) is 0 Å². The van der Waals surface area contributed by atoms with E-state index < -0.39 is 5.82 Å². The summed E-state index contributed by atoms with van der Waals surface area (Å²) in [5.74, 6) is -0.412. The Bertz CT molecular complexity index is 426. The molecule has 0 bridgehead atoms. The number of nitriles is 1. The van der Waals surface area contributed by atoms with Crippen LogP contribution in [-0.4, -0.2) is 26.8 Å². The fourth-order valence-electron chi connectivity index (χ4n) is 1.50. The number of methoxy groups -OCH3 is 1. The largest absolute Gasteiger partial charge is 0.383 e. The number of anilines is 1. The molecule has 0 spiro atoms. The molecule has 1 rings (SSSR count). The highest BCUT2D eigenvalue weighted by molar-refractivity contribution is 5.52. The van der Waals surface area contributed by atoms with Crippen LogP contribution in [0.2, 0.25) is 0 Å². The Kier molecular flexibility index (Phi) is 5.18. The fourth-order valence-corrected chi connectivity index (χ4v) is 1.50. The molecule has 0 aliphatic carbocycles. The minimum absolute atomic E-state index is 0.312. The summed E-state index contributed by atoms with van der Waals surface area (Å²) >= 11 is 0. The third kappa shape index (κ3) is 3.89. The molecule has 3 nitrogen and oxygen atoms in total. The first-order valence-electron chi connectivity index (χ1n) is 5.26. The smallest absolute Gasteiger partial charge is 0.126 e. The molecule has 0 N–H and O–H groups in total. The molecule has 0 saturated carbocycles. The maximum atomic E-state index is 13.3. The van der Waals surface area contributed by atoms with Crippen LogP contribution in [0.3, 0.4) is 0 Å². The summed E-state index contributed by atoms with van der Waals surface area (Å²) in [6.07, 6.45) is 1.73. The first kappa shape index (κ1) is 13.2. The van der Waals surface area contributed by atoms with Crippen LogP contribution in [0.4, 0.5) is 10.1 Å². The Balaban J connectivity index is 2.96. The minimum Gasteiger partial charge on any atom is -0.383 e. The van der Waals surface area contributed by atoms with Crippen LogP contribution in [0.1, 0.15) is 5.56 Å². The second-order valence-corrected chi connectivity index (χ2v) is 3.54. The predicted molar refractivity (Wildman–Crippen MR) is 65.4 cm³/mol. The number of nitrogens with zero attached hydrogens (tertiary/aromatic N) is 2. The molecule has 0 aromatic heterocycles. The molecule has 0 atom stereocenters. The molecule has 1 aromatic carbocycles. The number of rotatable bonds is 6. The maximum Gasteiger partial charge on any atom is 0.126 e. The van der Waals surface area contributed by atoms with E-state index in [1.54, 1.807) is 19.3 Å². The van der Waals surface area contributed by atoms with Gasteiger partial charge in [-0.25, -0.2) is 4.39 Å². The van der Waals surface area contributed by atoms with E-state index in [1.807, 2.05) is 11.0 Å².